The van der Waals surface area contributed by atoms with Crippen LogP contribution < -0.4 is 10.1 Å². The Kier molecular flexibility index (Phi) is 7.54. The maximum atomic E-state index is 12.4. The third-order valence-electron chi connectivity index (χ3n) is 4.87. The van der Waals surface area contributed by atoms with Crippen molar-refractivity contribution >= 4 is 17.8 Å². The van der Waals surface area contributed by atoms with E-state index in [-0.39, 0.29) is 5.78 Å². The molecule has 1 fully saturated rings. The van der Waals surface area contributed by atoms with Crippen molar-refractivity contribution in [1.82, 2.24) is 5.32 Å². The highest BCUT2D eigenvalue weighted by Gasteiger charge is 2.46. The van der Waals surface area contributed by atoms with Gasteiger partial charge >= 0.3 is 0 Å². The van der Waals surface area contributed by atoms with Crippen molar-refractivity contribution in [3.63, 3.8) is 0 Å². The second-order valence-corrected chi connectivity index (χ2v) is 7.18. The minimum atomic E-state index is -1.40. The van der Waals surface area contributed by atoms with Crippen LogP contribution in [0.2, 0.25) is 0 Å². The summed E-state index contributed by atoms with van der Waals surface area (Å²) in [5.74, 6) is -0.300. The minimum absolute atomic E-state index is 0.181. The van der Waals surface area contributed by atoms with Gasteiger partial charge in [0.1, 0.15) is 30.1 Å². The quantitative estimate of drug-likeness (QED) is 0.382. The first kappa shape index (κ1) is 22.6. The Hall–Kier alpha value is -3.04. The van der Waals surface area contributed by atoms with E-state index in [2.05, 4.69) is 5.32 Å². The smallest absolute Gasteiger partial charge is 0.223 e. The minimum Gasteiger partial charge on any atom is -0.463 e. The number of carbonyl (C=O) groups is 2. The molecule has 1 aliphatic rings. The summed E-state index contributed by atoms with van der Waals surface area (Å²) in [6.45, 7) is 0.726. The molecule has 0 radical (unpaired) electrons. The van der Waals surface area contributed by atoms with Gasteiger partial charge in [0.2, 0.25) is 12.2 Å². The molecule has 0 unspecified atom stereocenters. The molecular weight excluding hydrogens is 402 g/mol. The number of rotatable bonds is 7. The van der Waals surface area contributed by atoms with Crippen LogP contribution in [-0.2, 0) is 9.53 Å². The van der Waals surface area contributed by atoms with Gasteiger partial charge in [-0.25, -0.2) is 0 Å². The van der Waals surface area contributed by atoms with Crippen LogP contribution in [0.4, 0.5) is 0 Å². The van der Waals surface area contributed by atoms with Crippen molar-refractivity contribution in [3.05, 3.63) is 71.8 Å². The Bertz CT molecular complexity index is 913. The van der Waals surface area contributed by atoms with Crippen LogP contribution in [0, 0.1) is 0 Å². The number of amides is 1. The molecule has 5 atom stereocenters. The molecule has 1 heterocycles. The second-order valence-electron chi connectivity index (χ2n) is 7.18. The van der Waals surface area contributed by atoms with E-state index in [0.29, 0.717) is 11.3 Å². The van der Waals surface area contributed by atoms with Gasteiger partial charge in [0.15, 0.2) is 5.78 Å². The van der Waals surface area contributed by atoms with E-state index in [4.69, 9.17) is 9.47 Å². The summed E-state index contributed by atoms with van der Waals surface area (Å²) < 4.78 is 11.3. The van der Waals surface area contributed by atoms with E-state index in [1.807, 2.05) is 30.3 Å². The Morgan fingerprint density at radius 3 is 2.35 bits per heavy atom. The van der Waals surface area contributed by atoms with Gasteiger partial charge in [-0.05, 0) is 35.9 Å². The molecule has 4 N–H and O–H groups in total. The zero-order valence-corrected chi connectivity index (χ0v) is 16.9. The predicted molar refractivity (Wildman–Crippen MR) is 112 cm³/mol. The Morgan fingerprint density at radius 2 is 1.74 bits per heavy atom. The van der Waals surface area contributed by atoms with Crippen molar-refractivity contribution in [1.29, 1.82) is 0 Å². The molecule has 1 amide bonds. The number of benzene rings is 2. The van der Waals surface area contributed by atoms with Crippen molar-refractivity contribution < 1.29 is 34.4 Å². The molecule has 8 nitrogen and oxygen atoms in total. The van der Waals surface area contributed by atoms with Gasteiger partial charge in [0, 0.05) is 12.5 Å². The predicted octanol–water partition coefficient (Wildman–Crippen LogP) is 0.905. The average Bonchev–Trinajstić information content (AvgIpc) is 2.78. The van der Waals surface area contributed by atoms with Crippen LogP contribution >= 0.6 is 0 Å². The van der Waals surface area contributed by atoms with Gasteiger partial charge in [-0.2, -0.15) is 0 Å². The Labute approximate surface area is 179 Å². The highest BCUT2D eigenvalue weighted by atomic mass is 16.7. The van der Waals surface area contributed by atoms with E-state index in [0.717, 1.165) is 5.56 Å². The molecule has 0 bridgehead atoms. The van der Waals surface area contributed by atoms with E-state index >= 15 is 0 Å². The lowest BCUT2D eigenvalue weighted by molar-refractivity contribution is -0.244. The molecule has 8 heteroatoms. The van der Waals surface area contributed by atoms with Gasteiger partial charge in [0.25, 0.3) is 0 Å². The number of ether oxygens (including phenoxy) is 2. The SMILES string of the molecule is CC(=O)N[C@@H]1[C@H](Oc2ccc(C(=O)/C=C/c3ccccc3)cc2)O[C@H](CO)[C@H](O)[C@H]1O. The molecule has 31 heavy (non-hydrogen) atoms. The first-order valence-electron chi connectivity index (χ1n) is 9.83. The lowest BCUT2D eigenvalue weighted by Gasteiger charge is -2.42. The number of aliphatic hydroxyl groups is 3. The largest absolute Gasteiger partial charge is 0.463 e. The number of nitrogens with one attached hydrogen (secondary N) is 1. The van der Waals surface area contributed by atoms with E-state index in [9.17, 15) is 24.9 Å². The van der Waals surface area contributed by atoms with Crippen LogP contribution in [0.25, 0.3) is 6.08 Å². The number of ketones is 1. The molecule has 0 spiro atoms. The number of hydrogen-bond acceptors (Lipinski definition) is 7. The van der Waals surface area contributed by atoms with E-state index in [1.54, 1.807) is 30.3 Å². The summed E-state index contributed by atoms with van der Waals surface area (Å²) in [5.41, 5.74) is 1.36. The van der Waals surface area contributed by atoms with Gasteiger partial charge in [-0.1, -0.05) is 36.4 Å². The van der Waals surface area contributed by atoms with Gasteiger partial charge in [-0.15, -0.1) is 0 Å². The summed E-state index contributed by atoms with van der Waals surface area (Å²) in [6, 6.07) is 14.7. The fourth-order valence-corrected chi connectivity index (χ4v) is 3.24. The van der Waals surface area contributed by atoms with Gasteiger partial charge in [0.05, 0.1) is 6.61 Å². The zero-order valence-electron chi connectivity index (χ0n) is 16.9. The second kappa shape index (κ2) is 10.3. The van der Waals surface area contributed by atoms with Crippen LogP contribution in [0.15, 0.2) is 60.7 Å². The molecular formula is C23H25NO7. The van der Waals surface area contributed by atoms with Crippen LogP contribution in [0.5, 0.6) is 5.75 Å². The fraction of sp³-hybridized carbons (Fsp3) is 0.304. The molecule has 2 aromatic rings. The van der Waals surface area contributed by atoms with Crippen molar-refractivity contribution in [2.45, 2.75) is 37.6 Å². The molecule has 164 valence electrons. The summed E-state index contributed by atoms with van der Waals surface area (Å²) in [5, 5.41) is 32.2. The molecule has 1 saturated heterocycles. The van der Waals surface area contributed by atoms with Crippen LogP contribution in [0.3, 0.4) is 0 Å². The summed E-state index contributed by atoms with van der Waals surface area (Å²) in [7, 11) is 0. The number of carbonyl (C=O) groups excluding carboxylic acids is 2. The van der Waals surface area contributed by atoms with Crippen LogP contribution in [-0.4, -0.2) is 64.3 Å². The van der Waals surface area contributed by atoms with Crippen LogP contribution in [0.1, 0.15) is 22.8 Å². The third kappa shape index (κ3) is 5.77. The Morgan fingerprint density at radius 1 is 1.06 bits per heavy atom. The monoisotopic (exact) mass is 427 g/mol. The fourth-order valence-electron chi connectivity index (χ4n) is 3.24. The highest BCUT2D eigenvalue weighted by molar-refractivity contribution is 6.06. The van der Waals surface area contributed by atoms with Crippen molar-refractivity contribution in [2.24, 2.45) is 0 Å². The average molecular weight is 427 g/mol. The molecule has 1 aliphatic heterocycles. The first-order valence-corrected chi connectivity index (χ1v) is 9.83. The lowest BCUT2D eigenvalue weighted by Crippen LogP contribution is -2.65. The summed E-state index contributed by atoms with van der Waals surface area (Å²) in [4.78, 5) is 23.9. The highest BCUT2D eigenvalue weighted by Crippen LogP contribution is 2.25. The number of aliphatic hydroxyl groups excluding tert-OH is 3. The van der Waals surface area contributed by atoms with Gasteiger partial charge < -0.3 is 30.1 Å². The van der Waals surface area contributed by atoms with Gasteiger partial charge in [-0.3, -0.25) is 9.59 Å². The maximum Gasteiger partial charge on any atom is 0.223 e. The normalized spacial score (nSPS) is 25.9. The standard InChI is InChI=1S/C23H25NO7/c1-14(26)24-20-22(29)21(28)19(13-25)31-23(20)30-17-10-8-16(9-11-17)18(27)12-7-15-5-3-2-4-6-15/h2-12,19-23,25,28-29H,13H2,1H3,(H,24,26)/b12-7+/t19-,20+,21+,22+,23-/m1/s1. The number of hydrogen-bond donors (Lipinski definition) is 4. The van der Waals surface area contributed by atoms with Crippen molar-refractivity contribution in [3.8, 4) is 5.75 Å². The summed E-state index contributed by atoms with van der Waals surface area (Å²) >= 11 is 0. The maximum absolute atomic E-state index is 12.4. The summed E-state index contributed by atoms with van der Waals surface area (Å²) in [6.07, 6.45) is -1.82. The van der Waals surface area contributed by atoms with Crippen molar-refractivity contribution in [2.75, 3.05) is 6.61 Å². The third-order valence-corrected chi connectivity index (χ3v) is 4.87. The molecule has 0 saturated carbocycles. The lowest BCUT2D eigenvalue weighted by atomic mass is 9.97. The Balaban J connectivity index is 1.70. The molecule has 0 aromatic heterocycles. The number of allylic oxidation sites excluding steroid dienone is 1. The molecule has 3 rings (SSSR count). The van der Waals surface area contributed by atoms with E-state index in [1.165, 1.54) is 13.0 Å². The zero-order chi connectivity index (χ0) is 22.4. The topological polar surface area (TPSA) is 125 Å². The molecule has 0 aliphatic carbocycles. The molecule has 2 aromatic carbocycles. The van der Waals surface area contributed by atoms with E-state index < -0.39 is 43.2 Å². The first-order chi connectivity index (χ1) is 14.9.